The Morgan fingerprint density at radius 1 is 0.913 bits per heavy atom. The highest BCUT2D eigenvalue weighted by Gasteiger charge is 1.94. The summed E-state index contributed by atoms with van der Waals surface area (Å²) in [5, 5.41) is 25.1. The average molecular weight is 347 g/mol. The van der Waals surface area contributed by atoms with Gasteiger partial charge in [-0.05, 0) is 41.5 Å². The monoisotopic (exact) mass is 347 g/mol. The lowest BCUT2D eigenvalue weighted by Crippen LogP contribution is -1.99. The molecule has 133 valence electrons. The van der Waals surface area contributed by atoms with Crippen LogP contribution in [0.1, 0.15) is 41.5 Å². The first-order valence-corrected chi connectivity index (χ1v) is 6.82. The molecule has 0 heterocycles. The summed E-state index contributed by atoms with van der Waals surface area (Å²) in [7, 11) is 0. The second kappa shape index (κ2) is 20.5. The van der Waals surface area contributed by atoms with Crippen LogP contribution in [-0.2, 0) is 19.1 Å². The Morgan fingerprint density at radius 3 is 1.26 bits per heavy atom. The maximum Gasteiger partial charge on any atom is 0.334 e. The number of carbonyl (C=O) groups is 2. The summed E-state index contributed by atoms with van der Waals surface area (Å²) >= 11 is 0. The normalized spacial score (nSPS) is 10.3. The molecular formula is C15H28AlO7. The summed E-state index contributed by atoms with van der Waals surface area (Å²) in [6.07, 6.45) is 1.90. The van der Waals surface area contributed by atoms with Crippen molar-refractivity contribution in [2.75, 3.05) is 13.2 Å². The molecule has 0 saturated heterocycles. The number of carbonyl (C=O) groups excluding carboxylic acids is 2. The van der Waals surface area contributed by atoms with E-state index < -0.39 is 11.9 Å². The molecule has 0 saturated carbocycles. The molecule has 0 spiro atoms. The predicted octanol–water partition coefficient (Wildman–Crippen LogP) is 2.03. The standard InChI is InChI=1S/2C6H10O3.C3H8O.Al/c2*1-3-9-6(8)4-5(2)7;1-3(2)4;/h2*4,7H,3H2,1-2H3;3-4H,1-2H3;/b2*5-4+;;. The highest BCUT2D eigenvalue weighted by Crippen LogP contribution is 1.87. The van der Waals surface area contributed by atoms with Crippen molar-refractivity contribution in [3.8, 4) is 0 Å². The summed E-state index contributed by atoms with van der Waals surface area (Å²) in [5.41, 5.74) is 0. The van der Waals surface area contributed by atoms with E-state index in [1.807, 2.05) is 0 Å². The van der Waals surface area contributed by atoms with Gasteiger partial charge in [0.25, 0.3) is 0 Å². The molecule has 0 unspecified atom stereocenters. The minimum Gasteiger partial charge on any atom is -0.512 e. The van der Waals surface area contributed by atoms with Crippen molar-refractivity contribution >= 4 is 29.3 Å². The van der Waals surface area contributed by atoms with Gasteiger partial charge in [-0.25, -0.2) is 9.59 Å². The fourth-order valence-electron chi connectivity index (χ4n) is 0.709. The number of rotatable bonds is 4. The Bertz CT molecular complexity index is 320. The number of hydrogen-bond acceptors (Lipinski definition) is 7. The molecule has 8 heteroatoms. The van der Waals surface area contributed by atoms with Crippen LogP contribution in [0.4, 0.5) is 0 Å². The van der Waals surface area contributed by atoms with E-state index in [4.69, 9.17) is 15.3 Å². The van der Waals surface area contributed by atoms with Crippen LogP contribution in [-0.4, -0.2) is 63.9 Å². The molecule has 3 N–H and O–H groups in total. The van der Waals surface area contributed by atoms with Gasteiger partial charge in [-0.15, -0.1) is 0 Å². The molecule has 23 heavy (non-hydrogen) atoms. The number of allylic oxidation sites excluding steroid dienone is 2. The molecule has 0 bridgehead atoms. The number of aliphatic hydroxyl groups excluding tert-OH is 3. The molecule has 0 aromatic carbocycles. The third-order valence-corrected chi connectivity index (χ3v) is 1.23. The van der Waals surface area contributed by atoms with Crippen molar-refractivity contribution in [3.05, 3.63) is 23.7 Å². The van der Waals surface area contributed by atoms with Gasteiger partial charge in [0, 0.05) is 23.5 Å². The van der Waals surface area contributed by atoms with E-state index in [1.54, 1.807) is 27.7 Å². The lowest BCUT2D eigenvalue weighted by molar-refractivity contribution is -0.138. The van der Waals surface area contributed by atoms with E-state index in [1.165, 1.54) is 13.8 Å². The van der Waals surface area contributed by atoms with Gasteiger partial charge in [0.05, 0.1) is 36.9 Å². The van der Waals surface area contributed by atoms with Crippen molar-refractivity contribution in [2.45, 2.75) is 47.6 Å². The van der Waals surface area contributed by atoms with Crippen LogP contribution in [0, 0.1) is 0 Å². The first-order valence-electron chi connectivity index (χ1n) is 6.82. The summed E-state index contributed by atoms with van der Waals surface area (Å²) in [5.74, 6) is -1.07. The Labute approximate surface area is 148 Å². The first-order chi connectivity index (χ1) is 10.1. The van der Waals surface area contributed by atoms with Crippen molar-refractivity contribution in [3.63, 3.8) is 0 Å². The third kappa shape index (κ3) is 44.9. The Morgan fingerprint density at radius 2 is 1.13 bits per heavy atom. The maximum absolute atomic E-state index is 10.4. The molecule has 0 aromatic heterocycles. The SMILES string of the molecule is CC(C)O.CCOC(=O)/C=C(\C)O.CCOC(=O)/C=C(\C)O.[Al]. The van der Waals surface area contributed by atoms with E-state index in [0.717, 1.165) is 12.2 Å². The molecule has 0 aromatic rings. The molecule has 0 fully saturated rings. The van der Waals surface area contributed by atoms with E-state index in [-0.39, 0.29) is 35.0 Å². The van der Waals surface area contributed by atoms with Gasteiger partial charge < -0.3 is 24.8 Å². The van der Waals surface area contributed by atoms with Crippen LogP contribution in [0.3, 0.4) is 0 Å². The lowest BCUT2D eigenvalue weighted by atomic mass is 10.5. The summed E-state index contributed by atoms with van der Waals surface area (Å²) in [4.78, 5) is 20.8. The summed E-state index contributed by atoms with van der Waals surface area (Å²) in [6, 6.07) is 0. The molecular weight excluding hydrogens is 319 g/mol. The molecule has 0 aliphatic rings. The highest BCUT2D eigenvalue weighted by atomic mass is 27.0. The fraction of sp³-hybridized carbons (Fsp3) is 0.600. The minimum absolute atomic E-state index is 0. The summed E-state index contributed by atoms with van der Waals surface area (Å²) < 4.78 is 8.95. The lowest BCUT2D eigenvalue weighted by Gasteiger charge is -1.93. The highest BCUT2D eigenvalue weighted by molar-refractivity contribution is 5.82. The van der Waals surface area contributed by atoms with E-state index in [9.17, 15) is 9.59 Å². The van der Waals surface area contributed by atoms with Gasteiger partial charge in [0.15, 0.2) is 0 Å². The van der Waals surface area contributed by atoms with Crippen LogP contribution in [0.5, 0.6) is 0 Å². The second-order valence-corrected chi connectivity index (χ2v) is 4.17. The fourth-order valence-corrected chi connectivity index (χ4v) is 0.709. The number of hydrogen-bond donors (Lipinski definition) is 3. The number of aliphatic hydroxyl groups is 3. The molecule has 7 nitrogen and oxygen atoms in total. The maximum atomic E-state index is 10.4. The zero-order valence-corrected chi connectivity index (χ0v) is 15.9. The molecule has 0 aliphatic heterocycles. The zero-order valence-electron chi connectivity index (χ0n) is 14.7. The van der Waals surface area contributed by atoms with Crippen molar-refractivity contribution < 1.29 is 34.4 Å². The molecule has 0 atom stereocenters. The molecule has 0 aliphatic carbocycles. The van der Waals surface area contributed by atoms with Gasteiger partial charge in [-0.2, -0.15) is 0 Å². The second-order valence-electron chi connectivity index (χ2n) is 4.17. The molecule has 0 amide bonds. The topological polar surface area (TPSA) is 113 Å². The average Bonchev–Trinajstić information content (AvgIpc) is 2.26. The van der Waals surface area contributed by atoms with Crippen molar-refractivity contribution in [2.24, 2.45) is 0 Å². The van der Waals surface area contributed by atoms with Crippen LogP contribution in [0.2, 0.25) is 0 Å². The summed E-state index contributed by atoms with van der Waals surface area (Å²) in [6.45, 7) is 10.4. The Hall–Kier alpha value is -1.49. The minimum atomic E-state index is -0.502. The van der Waals surface area contributed by atoms with Crippen LogP contribution in [0.25, 0.3) is 0 Å². The van der Waals surface area contributed by atoms with Crippen molar-refractivity contribution in [1.29, 1.82) is 0 Å². The molecule has 3 radical (unpaired) electrons. The zero-order chi connectivity index (χ0) is 18.1. The van der Waals surface area contributed by atoms with Gasteiger partial charge in [0.2, 0.25) is 0 Å². The van der Waals surface area contributed by atoms with E-state index >= 15 is 0 Å². The number of esters is 2. The third-order valence-electron chi connectivity index (χ3n) is 1.23. The first kappa shape index (κ1) is 29.5. The predicted molar refractivity (Wildman–Crippen MR) is 89.1 cm³/mol. The van der Waals surface area contributed by atoms with Gasteiger partial charge in [0.1, 0.15) is 0 Å². The van der Waals surface area contributed by atoms with Gasteiger partial charge in [-0.3, -0.25) is 0 Å². The van der Waals surface area contributed by atoms with Gasteiger partial charge >= 0.3 is 11.9 Å². The quantitative estimate of drug-likeness (QED) is 0.309. The van der Waals surface area contributed by atoms with Crippen molar-refractivity contribution in [1.82, 2.24) is 0 Å². The smallest absolute Gasteiger partial charge is 0.334 e. The van der Waals surface area contributed by atoms with Crippen LogP contribution in [0.15, 0.2) is 23.7 Å². The van der Waals surface area contributed by atoms with Crippen LogP contribution < -0.4 is 0 Å². The van der Waals surface area contributed by atoms with E-state index in [0.29, 0.717) is 13.2 Å². The van der Waals surface area contributed by atoms with Crippen LogP contribution >= 0.6 is 0 Å². The van der Waals surface area contributed by atoms with Gasteiger partial charge in [-0.1, -0.05) is 0 Å². The number of ether oxygens (including phenoxy) is 2. The largest absolute Gasteiger partial charge is 0.512 e. The van der Waals surface area contributed by atoms with E-state index in [2.05, 4.69) is 9.47 Å². The Kier molecular flexibility index (Phi) is 26.3. The molecule has 0 rings (SSSR count). The Balaban J connectivity index is -0.000000124.